The molecule has 0 aromatic carbocycles. The number of amides is 2. The molecular weight excluding hydrogens is 464 g/mol. The van der Waals surface area contributed by atoms with Gasteiger partial charge in [-0.1, -0.05) is 13.8 Å². The van der Waals surface area contributed by atoms with E-state index in [0.717, 1.165) is 110 Å². The Morgan fingerprint density at radius 1 is 0.622 bits per heavy atom. The molecule has 2 aliphatic carbocycles. The van der Waals surface area contributed by atoms with Crippen LogP contribution < -0.4 is 10.6 Å². The SMILES string of the molecule is CCN1CCCC(NC(=O)C2CCC(CC(=O)C3CCC(NC(=O)C4CCCN(CC)C4)CC3)CC2)C1. The first-order chi connectivity index (χ1) is 17.9. The van der Waals surface area contributed by atoms with Crippen LogP contribution >= 0.6 is 0 Å². The van der Waals surface area contributed by atoms with Gasteiger partial charge in [0.25, 0.3) is 0 Å². The lowest BCUT2D eigenvalue weighted by molar-refractivity contribution is -0.128. The van der Waals surface area contributed by atoms with E-state index in [0.29, 0.717) is 24.2 Å². The number of carbonyl (C=O) groups is 3. The highest BCUT2D eigenvalue weighted by atomic mass is 16.2. The van der Waals surface area contributed by atoms with Crippen molar-refractivity contribution in [2.24, 2.45) is 23.7 Å². The van der Waals surface area contributed by atoms with Gasteiger partial charge in [-0.05, 0) is 109 Å². The lowest BCUT2D eigenvalue weighted by Gasteiger charge is -2.35. The second-order valence-corrected chi connectivity index (χ2v) is 12.4. The van der Waals surface area contributed by atoms with Crippen LogP contribution in [-0.2, 0) is 14.4 Å². The molecule has 2 amide bonds. The molecule has 2 saturated heterocycles. The molecule has 0 spiro atoms. The summed E-state index contributed by atoms with van der Waals surface area (Å²) in [5, 5.41) is 6.63. The van der Waals surface area contributed by atoms with Crippen LogP contribution in [0.5, 0.6) is 0 Å². The van der Waals surface area contributed by atoms with Gasteiger partial charge in [0.15, 0.2) is 0 Å². The molecule has 7 nitrogen and oxygen atoms in total. The van der Waals surface area contributed by atoms with Crippen molar-refractivity contribution in [2.75, 3.05) is 39.3 Å². The fraction of sp³-hybridized carbons (Fsp3) is 0.900. The predicted octanol–water partition coefficient (Wildman–Crippen LogP) is 3.76. The summed E-state index contributed by atoms with van der Waals surface area (Å²) in [5.41, 5.74) is 0. The van der Waals surface area contributed by atoms with Crippen LogP contribution in [0.3, 0.4) is 0 Å². The summed E-state index contributed by atoms with van der Waals surface area (Å²) < 4.78 is 0. The first-order valence-corrected chi connectivity index (χ1v) is 15.5. The summed E-state index contributed by atoms with van der Waals surface area (Å²) in [6.07, 6.45) is 12.5. The maximum absolute atomic E-state index is 13.1. The number of likely N-dealkylation sites (N-methyl/N-ethyl adjacent to an activating group) is 1. The topological polar surface area (TPSA) is 81.8 Å². The smallest absolute Gasteiger partial charge is 0.224 e. The van der Waals surface area contributed by atoms with Gasteiger partial charge in [-0.15, -0.1) is 0 Å². The normalized spacial score (nSPS) is 34.0. The van der Waals surface area contributed by atoms with Crippen molar-refractivity contribution in [3.8, 4) is 0 Å². The quantitative estimate of drug-likeness (QED) is 0.488. The van der Waals surface area contributed by atoms with Gasteiger partial charge < -0.3 is 20.4 Å². The highest BCUT2D eigenvalue weighted by Crippen LogP contribution is 2.34. The highest BCUT2D eigenvalue weighted by molar-refractivity contribution is 5.82. The zero-order chi connectivity index (χ0) is 26.2. The largest absolute Gasteiger partial charge is 0.353 e. The van der Waals surface area contributed by atoms with Crippen molar-refractivity contribution < 1.29 is 14.4 Å². The molecule has 2 heterocycles. The predicted molar refractivity (Wildman–Crippen MR) is 147 cm³/mol. The second kappa shape index (κ2) is 14.1. The summed E-state index contributed by atoms with van der Waals surface area (Å²) in [7, 11) is 0. The van der Waals surface area contributed by atoms with Crippen LogP contribution in [0, 0.1) is 23.7 Å². The molecule has 0 radical (unpaired) electrons. The fourth-order valence-corrected chi connectivity index (χ4v) is 7.30. The zero-order valence-corrected chi connectivity index (χ0v) is 23.5. The number of nitrogens with one attached hydrogen (secondary N) is 2. The van der Waals surface area contributed by atoms with Gasteiger partial charge in [0, 0.05) is 43.4 Å². The molecule has 4 aliphatic rings. The average Bonchev–Trinajstić information content (AvgIpc) is 2.94. The summed E-state index contributed by atoms with van der Waals surface area (Å²) in [6, 6.07) is 0.533. The molecule has 0 aromatic rings. The number of hydrogen-bond acceptors (Lipinski definition) is 5. The Balaban J connectivity index is 1.11. The monoisotopic (exact) mass is 516 g/mol. The van der Waals surface area contributed by atoms with E-state index in [-0.39, 0.29) is 35.6 Å². The summed E-state index contributed by atoms with van der Waals surface area (Å²) >= 11 is 0. The van der Waals surface area contributed by atoms with Gasteiger partial charge in [-0.2, -0.15) is 0 Å². The number of ketones is 1. The number of piperidine rings is 2. The van der Waals surface area contributed by atoms with Gasteiger partial charge in [0.1, 0.15) is 5.78 Å². The molecule has 2 aliphatic heterocycles. The van der Waals surface area contributed by atoms with E-state index in [1.165, 1.54) is 6.42 Å². The number of carbonyl (C=O) groups excluding carboxylic acids is 3. The summed E-state index contributed by atoms with van der Waals surface area (Å²) in [4.78, 5) is 43.5. The fourth-order valence-electron chi connectivity index (χ4n) is 7.30. The van der Waals surface area contributed by atoms with Gasteiger partial charge >= 0.3 is 0 Å². The Bertz CT molecular complexity index is 758. The lowest BCUT2D eigenvalue weighted by Crippen LogP contribution is -2.49. The van der Waals surface area contributed by atoms with E-state index in [9.17, 15) is 14.4 Å². The number of nitrogens with zero attached hydrogens (tertiary/aromatic N) is 2. The van der Waals surface area contributed by atoms with Crippen molar-refractivity contribution >= 4 is 17.6 Å². The Morgan fingerprint density at radius 3 is 1.86 bits per heavy atom. The second-order valence-electron chi connectivity index (χ2n) is 12.4. The molecule has 7 heteroatoms. The summed E-state index contributed by atoms with van der Waals surface area (Å²) in [5.74, 6) is 1.73. The third-order valence-electron chi connectivity index (χ3n) is 9.86. The van der Waals surface area contributed by atoms with Gasteiger partial charge in [-0.25, -0.2) is 0 Å². The van der Waals surface area contributed by atoms with E-state index in [1.54, 1.807) is 0 Å². The van der Waals surface area contributed by atoms with Crippen molar-refractivity contribution in [3.63, 3.8) is 0 Å². The minimum atomic E-state index is 0.121. The Morgan fingerprint density at radius 2 is 1.19 bits per heavy atom. The first kappa shape index (κ1) is 28.5. The minimum Gasteiger partial charge on any atom is -0.353 e. The molecule has 2 unspecified atom stereocenters. The number of hydrogen-bond donors (Lipinski definition) is 2. The maximum atomic E-state index is 13.1. The van der Waals surface area contributed by atoms with Crippen LogP contribution in [0.2, 0.25) is 0 Å². The van der Waals surface area contributed by atoms with Crippen LogP contribution in [0.4, 0.5) is 0 Å². The average molecular weight is 517 g/mol. The Hall–Kier alpha value is -1.47. The number of likely N-dealkylation sites (tertiary alicyclic amines) is 2. The van der Waals surface area contributed by atoms with Gasteiger partial charge in [0.2, 0.25) is 11.8 Å². The molecule has 2 N–H and O–H groups in total. The van der Waals surface area contributed by atoms with E-state index in [4.69, 9.17) is 0 Å². The zero-order valence-electron chi connectivity index (χ0n) is 23.5. The number of rotatable bonds is 9. The van der Waals surface area contributed by atoms with Crippen LogP contribution in [0.1, 0.15) is 97.3 Å². The minimum absolute atomic E-state index is 0.121. The van der Waals surface area contributed by atoms with E-state index >= 15 is 0 Å². The van der Waals surface area contributed by atoms with Gasteiger partial charge in [-0.3, -0.25) is 14.4 Å². The molecule has 37 heavy (non-hydrogen) atoms. The standard InChI is InChI=1S/C30H52N4O3/c1-3-33-17-5-7-25(20-33)30(37)31-26-15-13-23(14-16-26)28(35)19-22-9-11-24(12-10-22)29(36)32-27-8-6-18-34(4-2)21-27/h22-27H,3-21H2,1-2H3,(H,31,37)(H,32,36). The Kier molecular flexibility index (Phi) is 10.9. The van der Waals surface area contributed by atoms with Crippen molar-refractivity contribution in [1.29, 1.82) is 0 Å². The highest BCUT2D eigenvalue weighted by Gasteiger charge is 2.33. The van der Waals surface area contributed by atoms with Crippen LogP contribution in [0.25, 0.3) is 0 Å². The van der Waals surface area contributed by atoms with E-state index in [2.05, 4.69) is 34.3 Å². The number of Topliss-reactive ketones (excluding diaryl/α,β-unsaturated/α-hetero) is 1. The molecular formula is C30H52N4O3. The van der Waals surface area contributed by atoms with Crippen molar-refractivity contribution in [1.82, 2.24) is 20.4 Å². The molecule has 4 fully saturated rings. The van der Waals surface area contributed by atoms with E-state index < -0.39 is 0 Å². The lowest BCUT2D eigenvalue weighted by atomic mass is 9.76. The molecule has 0 bridgehead atoms. The Labute approximate surface area is 224 Å². The molecule has 2 atom stereocenters. The third kappa shape index (κ3) is 8.26. The third-order valence-corrected chi connectivity index (χ3v) is 9.86. The van der Waals surface area contributed by atoms with E-state index in [1.807, 2.05) is 0 Å². The first-order valence-electron chi connectivity index (χ1n) is 15.5. The molecule has 0 aromatic heterocycles. The van der Waals surface area contributed by atoms with Crippen molar-refractivity contribution in [3.05, 3.63) is 0 Å². The van der Waals surface area contributed by atoms with Crippen LogP contribution in [-0.4, -0.2) is 78.7 Å². The van der Waals surface area contributed by atoms with Crippen molar-refractivity contribution in [2.45, 2.75) is 109 Å². The summed E-state index contributed by atoms with van der Waals surface area (Å²) in [6.45, 7) is 10.6. The van der Waals surface area contributed by atoms with Crippen LogP contribution in [0.15, 0.2) is 0 Å². The molecule has 210 valence electrons. The molecule has 4 rings (SSSR count). The van der Waals surface area contributed by atoms with Gasteiger partial charge in [0.05, 0.1) is 5.92 Å². The molecule has 2 saturated carbocycles. The maximum Gasteiger partial charge on any atom is 0.224 e.